The Morgan fingerprint density at radius 3 is 2.65 bits per heavy atom. The van der Waals surface area contributed by atoms with Gasteiger partial charge in [-0.1, -0.05) is 39.0 Å². The zero-order valence-corrected chi connectivity index (χ0v) is 15.6. The third-order valence-electron chi connectivity index (χ3n) is 4.68. The Labute approximate surface area is 152 Å². The number of rotatable bonds is 4. The second-order valence-electron chi connectivity index (χ2n) is 7.63. The second kappa shape index (κ2) is 6.78. The maximum atomic E-state index is 12.9. The number of hydrogen-bond acceptors (Lipinski definition) is 3. The number of fused-ring (bicyclic) bond motifs is 1. The molecule has 0 aliphatic rings. The van der Waals surface area contributed by atoms with Crippen molar-refractivity contribution >= 4 is 16.8 Å². The lowest BCUT2D eigenvalue weighted by Crippen LogP contribution is -2.47. The first kappa shape index (κ1) is 17.9. The predicted octanol–water partition coefficient (Wildman–Crippen LogP) is 2.58. The molecular weight excluding hydrogens is 328 g/mol. The lowest BCUT2D eigenvalue weighted by atomic mass is 9.86. The Kier molecular flexibility index (Phi) is 4.68. The minimum absolute atomic E-state index is 0.152. The average Bonchev–Trinajstić information content (AvgIpc) is 3.10. The topological polar surface area (TPSA) is 68.9 Å². The molecule has 3 rings (SSSR count). The number of pyridine rings is 1. The van der Waals surface area contributed by atoms with Crippen LogP contribution in [0.25, 0.3) is 10.9 Å². The Hall–Kier alpha value is -2.89. The number of para-hydroxylation sites is 1. The minimum Gasteiger partial charge on any atom is -0.347 e. The van der Waals surface area contributed by atoms with Gasteiger partial charge in [0.1, 0.15) is 5.56 Å². The van der Waals surface area contributed by atoms with Gasteiger partial charge >= 0.3 is 0 Å². The summed E-state index contributed by atoms with van der Waals surface area (Å²) >= 11 is 0. The fourth-order valence-electron chi connectivity index (χ4n) is 2.96. The third kappa shape index (κ3) is 3.54. The molecule has 0 saturated heterocycles. The standard InChI is InChI=1S/C20H24N4O2/c1-20(2,3)17(12-24-10-9-21-13-24)22-18(25)15-11-14-7-5-6-8-16(14)23(4)19(15)26/h5-11,13,17H,12H2,1-4H3,(H,22,25)/t17-/m1/s1. The summed E-state index contributed by atoms with van der Waals surface area (Å²) in [4.78, 5) is 29.6. The zero-order chi connectivity index (χ0) is 18.9. The molecule has 6 heteroatoms. The van der Waals surface area contributed by atoms with Crippen LogP contribution in [0.5, 0.6) is 0 Å². The van der Waals surface area contributed by atoms with E-state index in [-0.39, 0.29) is 28.5 Å². The molecule has 0 aliphatic carbocycles. The van der Waals surface area contributed by atoms with E-state index in [0.717, 1.165) is 10.9 Å². The van der Waals surface area contributed by atoms with Crippen LogP contribution in [-0.2, 0) is 13.6 Å². The Bertz CT molecular complexity index is 981. The third-order valence-corrected chi connectivity index (χ3v) is 4.68. The zero-order valence-electron chi connectivity index (χ0n) is 15.6. The summed E-state index contributed by atoms with van der Waals surface area (Å²) < 4.78 is 3.45. The molecule has 1 atom stereocenters. The van der Waals surface area contributed by atoms with Crippen LogP contribution in [0.3, 0.4) is 0 Å². The van der Waals surface area contributed by atoms with Gasteiger partial charge in [0.05, 0.1) is 17.9 Å². The van der Waals surface area contributed by atoms with Gasteiger partial charge in [-0.15, -0.1) is 0 Å². The van der Waals surface area contributed by atoms with Crippen LogP contribution in [0, 0.1) is 5.41 Å². The highest BCUT2D eigenvalue weighted by Crippen LogP contribution is 2.21. The molecule has 0 bridgehead atoms. The van der Waals surface area contributed by atoms with Gasteiger partial charge in [-0.25, -0.2) is 4.98 Å². The van der Waals surface area contributed by atoms with Crippen molar-refractivity contribution in [1.29, 1.82) is 0 Å². The number of benzene rings is 1. The molecule has 0 saturated carbocycles. The van der Waals surface area contributed by atoms with Gasteiger partial charge in [-0.2, -0.15) is 0 Å². The summed E-state index contributed by atoms with van der Waals surface area (Å²) in [7, 11) is 1.69. The van der Waals surface area contributed by atoms with Crippen LogP contribution in [0.15, 0.2) is 53.8 Å². The summed E-state index contributed by atoms with van der Waals surface area (Å²) in [6.45, 7) is 6.78. The van der Waals surface area contributed by atoms with Crippen LogP contribution in [0.1, 0.15) is 31.1 Å². The van der Waals surface area contributed by atoms with Crippen LogP contribution >= 0.6 is 0 Å². The Morgan fingerprint density at radius 2 is 2.00 bits per heavy atom. The van der Waals surface area contributed by atoms with Crippen LogP contribution in [0.4, 0.5) is 0 Å². The fraction of sp³-hybridized carbons (Fsp3) is 0.350. The number of hydrogen-bond donors (Lipinski definition) is 1. The summed E-state index contributed by atoms with van der Waals surface area (Å²) in [5.41, 5.74) is 0.490. The number of carbonyl (C=O) groups is 1. The second-order valence-corrected chi connectivity index (χ2v) is 7.63. The average molecular weight is 352 g/mol. The van der Waals surface area contributed by atoms with E-state index in [1.54, 1.807) is 25.6 Å². The van der Waals surface area contributed by atoms with E-state index in [1.165, 1.54) is 4.57 Å². The highest BCUT2D eigenvalue weighted by atomic mass is 16.2. The van der Waals surface area contributed by atoms with Crippen molar-refractivity contribution in [3.8, 4) is 0 Å². The lowest BCUT2D eigenvalue weighted by molar-refractivity contribution is 0.0890. The number of carbonyl (C=O) groups excluding carboxylic acids is 1. The van der Waals surface area contributed by atoms with Crippen molar-refractivity contribution in [1.82, 2.24) is 19.4 Å². The fourth-order valence-corrected chi connectivity index (χ4v) is 2.96. The largest absolute Gasteiger partial charge is 0.347 e. The number of aromatic nitrogens is 3. The van der Waals surface area contributed by atoms with E-state index in [1.807, 2.05) is 35.0 Å². The normalized spacial score (nSPS) is 12.9. The van der Waals surface area contributed by atoms with Crippen molar-refractivity contribution < 1.29 is 4.79 Å². The van der Waals surface area contributed by atoms with Crippen LogP contribution in [0.2, 0.25) is 0 Å². The summed E-state index contributed by atoms with van der Waals surface area (Å²) in [6.07, 6.45) is 5.29. The number of aryl methyl sites for hydroxylation is 1. The van der Waals surface area contributed by atoms with Crippen molar-refractivity contribution in [2.75, 3.05) is 0 Å². The predicted molar refractivity (Wildman–Crippen MR) is 102 cm³/mol. The molecule has 26 heavy (non-hydrogen) atoms. The van der Waals surface area contributed by atoms with E-state index < -0.39 is 0 Å². The first-order valence-electron chi connectivity index (χ1n) is 8.63. The Morgan fingerprint density at radius 1 is 1.27 bits per heavy atom. The van der Waals surface area contributed by atoms with E-state index in [0.29, 0.717) is 6.54 Å². The molecule has 2 heterocycles. The molecule has 1 amide bonds. The van der Waals surface area contributed by atoms with Gasteiger partial charge in [0, 0.05) is 26.0 Å². The van der Waals surface area contributed by atoms with Crippen molar-refractivity contribution in [3.63, 3.8) is 0 Å². The maximum absolute atomic E-state index is 12.9. The SMILES string of the molecule is Cn1c(=O)c(C(=O)N[C@H](Cn2ccnc2)C(C)(C)C)cc2ccccc21. The smallest absolute Gasteiger partial charge is 0.263 e. The van der Waals surface area contributed by atoms with Crippen molar-refractivity contribution in [3.05, 3.63) is 65.0 Å². The first-order valence-corrected chi connectivity index (χ1v) is 8.63. The van der Waals surface area contributed by atoms with Gasteiger partial charge in [-0.3, -0.25) is 9.59 Å². The van der Waals surface area contributed by atoms with Crippen molar-refractivity contribution in [2.45, 2.75) is 33.4 Å². The molecule has 0 radical (unpaired) electrons. The summed E-state index contributed by atoms with van der Waals surface area (Å²) in [5, 5.41) is 3.91. The number of imidazole rings is 1. The van der Waals surface area contributed by atoms with E-state index in [2.05, 4.69) is 31.1 Å². The van der Waals surface area contributed by atoms with Gasteiger partial charge in [0.25, 0.3) is 11.5 Å². The molecule has 1 aromatic carbocycles. The quantitative estimate of drug-likeness (QED) is 0.785. The Balaban J connectivity index is 1.94. The highest BCUT2D eigenvalue weighted by molar-refractivity contribution is 5.97. The van der Waals surface area contributed by atoms with Crippen LogP contribution < -0.4 is 10.9 Å². The molecular formula is C20H24N4O2. The molecule has 6 nitrogen and oxygen atoms in total. The molecule has 1 N–H and O–H groups in total. The van der Waals surface area contributed by atoms with E-state index in [9.17, 15) is 9.59 Å². The monoisotopic (exact) mass is 352 g/mol. The summed E-state index contributed by atoms with van der Waals surface area (Å²) in [6, 6.07) is 9.06. The number of nitrogens with one attached hydrogen (secondary N) is 1. The van der Waals surface area contributed by atoms with Gasteiger partial charge in [0.15, 0.2) is 0 Å². The first-order chi connectivity index (χ1) is 12.3. The van der Waals surface area contributed by atoms with Gasteiger partial charge < -0.3 is 14.5 Å². The van der Waals surface area contributed by atoms with Gasteiger partial charge in [-0.05, 0) is 22.9 Å². The van der Waals surface area contributed by atoms with Crippen LogP contribution in [-0.4, -0.2) is 26.1 Å². The van der Waals surface area contributed by atoms with E-state index in [4.69, 9.17) is 0 Å². The highest BCUT2D eigenvalue weighted by Gasteiger charge is 2.28. The summed E-state index contributed by atoms with van der Waals surface area (Å²) in [5.74, 6) is -0.351. The van der Waals surface area contributed by atoms with E-state index >= 15 is 0 Å². The maximum Gasteiger partial charge on any atom is 0.263 e. The van der Waals surface area contributed by atoms with Gasteiger partial charge in [0.2, 0.25) is 0 Å². The molecule has 0 aliphatic heterocycles. The molecule has 0 unspecified atom stereocenters. The van der Waals surface area contributed by atoms with Crippen molar-refractivity contribution in [2.24, 2.45) is 12.5 Å². The molecule has 3 aromatic rings. The number of nitrogens with zero attached hydrogens (tertiary/aromatic N) is 3. The molecule has 0 spiro atoms. The molecule has 2 aromatic heterocycles. The molecule has 136 valence electrons. The number of amides is 1. The lowest BCUT2D eigenvalue weighted by Gasteiger charge is -2.31. The minimum atomic E-state index is -0.351. The molecule has 0 fully saturated rings.